The van der Waals surface area contributed by atoms with Crippen LogP contribution in [0, 0.1) is 11.8 Å². The second kappa shape index (κ2) is 5.85. The lowest BCUT2D eigenvalue weighted by molar-refractivity contribution is 0.0696. The summed E-state index contributed by atoms with van der Waals surface area (Å²) in [5, 5.41) is 9.10. The van der Waals surface area contributed by atoms with Crippen LogP contribution in [0.15, 0.2) is 18.2 Å². The van der Waals surface area contributed by atoms with Crippen LogP contribution in [0.25, 0.3) is 0 Å². The van der Waals surface area contributed by atoms with Gasteiger partial charge in [0.15, 0.2) is 0 Å². The van der Waals surface area contributed by atoms with E-state index in [-0.39, 0.29) is 0 Å². The molecule has 0 aliphatic heterocycles. The monoisotopic (exact) mass is 234 g/mol. The van der Waals surface area contributed by atoms with Gasteiger partial charge >= 0.3 is 5.97 Å². The lowest BCUT2D eigenvalue weighted by atomic mass is 9.94. The van der Waals surface area contributed by atoms with Crippen LogP contribution in [0.2, 0.25) is 0 Å². The summed E-state index contributed by atoms with van der Waals surface area (Å²) in [6.45, 7) is 8.59. The van der Waals surface area contributed by atoms with Gasteiger partial charge in [-0.2, -0.15) is 0 Å². The molecule has 0 bridgehead atoms. The van der Waals surface area contributed by atoms with Crippen LogP contribution in [-0.2, 0) is 12.8 Å². The Bertz CT molecular complexity index is 364. The lowest BCUT2D eigenvalue weighted by Gasteiger charge is -2.11. The Morgan fingerprint density at radius 1 is 1.00 bits per heavy atom. The zero-order valence-corrected chi connectivity index (χ0v) is 11.2. The number of aromatic carboxylic acids is 1. The molecular weight excluding hydrogens is 212 g/mol. The molecule has 94 valence electrons. The number of hydrogen-bond donors (Lipinski definition) is 1. The van der Waals surface area contributed by atoms with E-state index in [1.807, 2.05) is 0 Å². The summed E-state index contributed by atoms with van der Waals surface area (Å²) in [6, 6.07) is 5.74. The third-order valence-electron chi connectivity index (χ3n) is 2.59. The molecule has 0 aliphatic rings. The second-order valence-corrected chi connectivity index (χ2v) is 5.54. The van der Waals surface area contributed by atoms with Crippen LogP contribution < -0.4 is 0 Å². The summed E-state index contributed by atoms with van der Waals surface area (Å²) in [5.74, 6) is 0.262. The number of hydrogen-bond acceptors (Lipinski definition) is 1. The van der Waals surface area contributed by atoms with Gasteiger partial charge in [0.2, 0.25) is 0 Å². The van der Waals surface area contributed by atoms with E-state index in [9.17, 15) is 4.79 Å². The van der Waals surface area contributed by atoms with Gasteiger partial charge in [-0.3, -0.25) is 0 Å². The van der Waals surface area contributed by atoms with Crippen LogP contribution in [0.3, 0.4) is 0 Å². The number of carboxylic acid groups (broad SMARTS) is 1. The maximum atomic E-state index is 11.1. The van der Waals surface area contributed by atoms with Crippen LogP contribution in [0.1, 0.15) is 49.2 Å². The van der Waals surface area contributed by atoms with Crippen molar-refractivity contribution in [2.75, 3.05) is 0 Å². The van der Waals surface area contributed by atoms with Crippen molar-refractivity contribution in [3.05, 3.63) is 34.9 Å². The molecule has 0 amide bonds. The normalized spacial score (nSPS) is 11.2. The van der Waals surface area contributed by atoms with Gasteiger partial charge in [-0.15, -0.1) is 0 Å². The van der Waals surface area contributed by atoms with Crippen LogP contribution in [0.4, 0.5) is 0 Å². The van der Waals surface area contributed by atoms with Gasteiger partial charge in [0.25, 0.3) is 0 Å². The number of benzene rings is 1. The van der Waals surface area contributed by atoms with Gasteiger partial charge in [0.1, 0.15) is 0 Å². The maximum Gasteiger partial charge on any atom is 0.335 e. The van der Waals surface area contributed by atoms with Crippen molar-refractivity contribution in [3.8, 4) is 0 Å². The smallest absolute Gasteiger partial charge is 0.335 e. The average molecular weight is 234 g/mol. The van der Waals surface area contributed by atoms with E-state index in [1.165, 1.54) is 0 Å². The molecule has 2 nitrogen and oxygen atoms in total. The van der Waals surface area contributed by atoms with Crippen molar-refractivity contribution in [2.24, 2.45) is 11.8 Å². The Kier molecular flexibility index (Phi) is 4.73. The van der Waals surface area contributed by atoms with E-state index in [0.717, 1.165) is 24.0 Å². The molecule has 1 N–H and O–H groups in total. The van der Waals surface area contributed by atoms with Crippen LogP contribution in [-0.4, -0.2) is 11.1 Å². The SMILES string of the molecule is CC(C)Cc1cc(CC(C)C)cc(C(=O)O)c1. The van der Waals surface area contributed by atoms with E-state index in [4.69, 9.17) is 5.11 Å². The third-order valence-corrected chi connectivity index (χ3v) is 2.59. The quantitative estimate of drug-likeness (QED) is 0.841. The lowest BCUT2D eigenvalue weighted by Crippen LogP contribution is -2.04. The van der Waals surface area contributed by atoms with Crippen molar-refractivity contribution in [3.63, 3.8) is 0 Å². The second-order valence-electron chi connectivity index (χ2n) is 5.54. The molecule has 2 heteroatoms. The average Bonchev–Trinajstić information content (AvgIpc) is 2.14. The molecular formula is C15H22O2. The summed E-state index contributed by atoms with van der Waals surface area (Å²) >= 11 is 0. The minimum Gasteiger partial charge on any atom is -0.478 e. The maximum absolute atomic E-state index is 11.1. The zero-order valence-electron chi connectivity index (χ0n) is 11.2. The van der Waals surface area contributed by atoms with Gasteiger partial charge in [-0.05, 0) is 47.9 Å². The molecule has 0 atom stereocenters. The molecule has 0 saturated heterocycles. The van der Waals surface area contributed by atoms with Crippen LogP contribution in [0.5, 0.6) is 0 Å². The van der Waals surface area contributed by atoms with E-state index >= 15 is 0 Å². The first-order chi connectivity index (χ1) is 7.88. The number of carboxylic acids is 1. The predicted octanol–water partition coefficient (Wildman–Crippen LogP) is 3.78. The molecule has 0 aromatic heterocycles. The van der Waals surface area contributed by atoms with Crippen molar-refractivity contribution in [1.29, 1.82) is 0 Å². The molecule has 0 radical (unpaired) electrons. The molecule has 0 fully saturated rings. The highest BCUT2D eigenvalue weighted by molar-refractivity contribution is 5.88. The Morgan fingerprint density at radius 2 is 1.41 bits per heavy atom. The molecule has 0 heterocycles. The molecule has 0 unspecified atom stereocenters. The standard InChI is InChI=1S/C15H22O2/c1-10(2)5-12-7-13(6-11(3)4)9-14(8-12)15(16)17/h7-11H,5-6H2,1-4H3,(H,16,17). The Labute approximate surface area is 104 Å². The Balaban J connectivity index is 3.04. The molecule has 1 aromatic carbocycles. The Morgan fingerprint density at radius 3 is 1.71 bits per heavy atom. The summed E-state index contributed by atoms with van der Waals surface area (Å²) in [5.41, 5.74) is 2.69. The summed E-state index contributed by atoms with van der Waals surface area (Å²) in [6.07, 6.45) is 1.87. The Hall–Kier alpha value is -1.31. The minimum atomic E-state index is -0.833. The van der Waals surface area contributed by atoms with E-state index in [2.05, 4.69) is 33.8 Å². The minimum absolute atomic E-state index is 0.416. The van der Waals surface area contributed by atoms with Crippen molar-refractivity contribution < 1.29 is 9.90 Å². The van der Waals surface area contributed by atoms with E-state index in [1.54, 1.807) is 12.1 Å². The summed E-state index contributed by atoms with van der Waals surface area (Å²) in [4.78, 5) is 11.1. The van der Waals surface area contributed by atoms with Gasteiger partial charge in [0.05, 0.1) is 5.56 Å². The first kappa shape index (κ1) is 13.8. The number of rotatable bonds is 5. The molecule has 1 aromatic rings. The predicted molar refractivity (Wildman–Crippen MR) is 70.5 cm³/mol. The van der Waals surface area contributed by atoms with Gasteiger partial charge < -0.3 is 5.11 Å². The van der Waals surface area contributed by atoms with Crippen molar-refractivity contribution in [2.45, 2.75) is 40.5 Å². The highest BCUT2D eigenvalue weighted by Crippen LogP contribution is 2.17. The zero-order chi connectivity index (χ0) is 13.0. The van der Waals surface area contributed by atoms with Crippen molar-refractivity contribution >= 4 is 5.97 Å². The fourth-order valence-electron chi connectivity index (χ4n) is 2.06. The fourth-order valence-corrected chi connectivity index (χ4v) is 2.06. The third kappa shape index (κ3) is 4.59. The van der Waals surface area contributed by atoms with E-state index < -0.39 is 5.97 Å². The molecule has 0 saturated carbocycles. The highest BCUT2D eigenvalue weighted by atomic mass is 16.4. The van der Waals surface area contributed by atoms with Gasteiger partial charge in [-0.1, -0.05) is 33.8 Å². The van der Waals surface area contributed by atoms with Gasteiger partial charge in [-0.25, -0.2) is 4.79 Å². The molecule has 0 spiro atoms. The highest BCUT2D eigenvalue weighted by Gasteiger charge is 2.09. The van der Waals surface area contributed by atoms with Crippen molar-refractivity contribution in [1.82, 2.24) is 0 Å². The first-order valence-corrected chi connectivity index (χ1v) is 6.24. The molecule has 0 aliphatic carbocycles. The largest absolute Gasteiger partial charge is 0.478 e. The summed E-state index contributed by atoms with van der Waals surface area (Å²) < 4.78 is 0. The first-order valence-electron chi connectivity index (χ1n) is 6.24. The van der Waals surface area contributed by atoms with Gasteiger partial charge in [0, 0.05) is 0 Å². The molecule has 17 heavy (non-hydrogen) atoms. The summed E-state index contributed by atoms with van der Waals surface area (Å²) in [7, 11) is 0. The number of carbonyl (C=O) groups is 1. The fraction of sp³-hybridized carbons (Fsp3) is 0.533. The van der Waals surface area contributed by atoms with E-state index in [0.29, 0.717) is 17.4 Å². The topological polar surface area (TPSA) is 37.3 Å². The van der Waals surface area contributed by atoms with Crippen LogP contribution >= 0.6 is 0 Å². The molecule has 1 rings (SSSR count).